The summed E-state index contributed by atoms with van der Waals surface area (Å²) in [4.78, 5) is 0. The van der Waals surface area contributed by atoms with Gasteiger partial charge in [0, 0.05) is 17.0 Å². The van der Waals surface area contributed by atoms with Gasteiger partial charge >= 0.3 is 0 Å². The molecule has 0 aliphatic carbocycles. The molecule has 0 amide bonds. The largest absolute Gasteiger partial charge is 0.319 e. The van der Waals surface area contributed by atoms with Crippen LogP contribution in [0.3, 0.4) is 0 Å². The monoisotopic (exact) mass is 305 g/mol. The van der Waals surface area contributed by atoms with Crippen LogP contribution >= 0.6 is 11.6 Å². The molecule has 0 aromatic heterocycles. The Labute approximate surface area is 131 Å². The van der Waals surface area contributed by atoms with Crippen LogP contribution in [0, 0.1) is 5.82 Å². The lowest BCUT2D eigenvalue weighted by molar-refractivity contribution is 0.384. The number of hydrogen-bond donors (Lipinski definition) is 1. The van der Waals surface area contributed by atoms with Gasteiger partial charge < -0.3 is 5.32 Å². The van der Waals surface area contributed by atoms with E-state index >= 15 is 0 Å². The summed E-state index contributed by atoms with van der Waals surface area (Å²) in [5, 5.41) is 3.83. The van der Waals surface area contributed by atoms with Crippen LogP contribution in [0.2, 0.25) is 5.02 Å². The molecule has 1 atom stereocenters. The number of nitrogens with one attached hydrogen (secondary N) is 1. The molecular formula is C18H21ClFN. The normalized spacial score (nSPS) is 13.9. The van der Waals surface area contributed by atoms with Crippen molar-refractivity contribution in [2.75, 3.05) is 13.6 Å². The molecular weight excluding hydrogens is 285 g/mol. The third kappa shape index (κ3) is 3.63. The van der Waals surface area contributed by atoms with Crippen LogP contribution in [0.25, 0.3) is 0 Å². The molecule has 3 heteroatoms. The van der Waals surface area contributed by atoms with Crippen molar-refractivity contribution in [3.8, 4) is 0 Å². The highest BCUT2D eigenvalue weighted by molar-refractivity contribution is 6.30. The summed E-state index contributed by atoms with van der Waals surface area (Å²) in [6.45, 7) is 2.94. The number of halogens is 2. The van der Waals surface area contributed by atoms with Crippen LogP contribution in [0.1, 0.15) is 24.5 Å². The zero-order valence-corrected chi connectivity index (χ0v) is 13.3. The minimum Gasteiger partial charge on any atom is -0.319 e. The van der Waals surface area contributed by atoms with Gasteiger partial charge in [-0.2, -0.15) is 0 Å². The third-order valence-corrected chi connectivity index (χ3v) is 4.35. The van der Waals surface area contributed by atoms with Crippen LogP contribution < -0.4 is 5.32 Å². The highest BCUT2D eigenvalue weighted by atomic mass is 35.5. The highest BCUT2D eigenvalue weighted by Crippen LogP contribution is 2.33. The SMILES string of the molecule is CCC(CNC)(Cc1cc(Cl)ccc1F)c1ccccc1. The second kappa shape index (κ2) is 7.06. The van der Waals surface area contributed by atoms with Crippen molar-refractivity contribution in [1.29, 1.82) is 0 Å². The predicted octanol–water partition coefficient (Wildman–Crippen LogP) is 4.59. The number of likely N-dealkylation sites (N-methyl/N-ethyl adjacent to an activating group) is 1. The van der Waals surface area contributed by atoms with E-state index in [1.165, 1.54) is 11.6 Å². The van der Waals surface area contributed by atoms with Crippen molar-refractivity contribution in [3.63, 3.8) is 0 Å². The Bertz CT molecular complexity index is 585. The molecule has 0 bridgehead atoms. The molecule has 2 aromatic rings. The van der Waals surface area contributed by atoms with Gasteiger partial charge in [0.1, 0.15) is 5.82 Å². The smallest absolute Gasteiger partial charge is 0.126 e. The van der Waals surface area contributed by atoms with E-state index in [0.29, 0.717) is 17.0 Å². The Morgan fingerprint density at radius 1 is 1.14 bits per heavy atom. The predicted molar refractivity (Wildman–Crippen MR) is 87.5 cm³/mol. The topological polar surface area (TPSA) is 12.0 Å². The lowest BCUT2D eigenvalue weighted by Gasteiger charge is -2.34. The van der Waals surface area contributed by atoms with Crippen molar-refractivity contribution in [3.05, 3.63) is 70.5 Å². The van der Waals surface area contributed by atoms with E-state index in [1.807, 2.05) is 25.2 Å². The summed E-state index contributed by atoms with van der Waals surface area (Å²) >= 11 is 6.03. The van der Waals surface area contributed by atoms with E-state index in [0.717, 1.165) is 13.0 Å². The molecule has 0 heterocycles. The summed E-state index contributed by atoms with van der Waals surface area (Å²) < 4.78 is 14.1. The van der Waals surface area contributed by atoms with Gasteiger partial charge in [0.25, 0.3) is 0 Å². The zero-order valence-electron chi connectivity index (χ0n) is 12.5. The Kier molecular flexibility index (Phi) is 5.38. The van der Waals surface area contributed by atoms with Crippen LogP contribution in [0.5, 0.6) is 0 Å². The molecule has 0 saturated heterocycles. The van der Waals surface area contributed by atoms with Crippen LogP contribution in [0.4, 0.5) is 4.39 Å². The van der Waals surface area contributed by atoms with E-state index < -0.39 is 0 Å². The van der Waals surface area contributed by atoms with Crippen LogP contribution in [0.15, 0.2) is 48.5 Å². The fourth-order valence-electron chi connectivity index (χ4n) is 2.89. The summed E-state index contributed by atoms with van der Waals surface area (Å²) in [5.41, 5.74) is 1.76. The first kappa shape index (κ1) is 16.0. The van der Waals surface area contributed by atoms with Gasteiger partial charge in [0.2, 0.25) is 0 Å². The quantitative estimate of drug-likeness (QED) is 0.823. The molecule has 21 heavy (non-hydrogen) atoms. The van der Waals surface area contributed by atoms with Crippen molar-refractivity contribution in [1.82, 2.24) is 5.32 Å². The number of benzene rings is 2. The molecule has 0 aliphatic rings. The lowest BCUT2D eigenvalue weighted by atomic mass is 9.73. The van der Waals surface area contributed by atoms with Gasteiger partial charge in [0.05, 0.1) is 0 Å². The molecule has 2 rings (SSSR count). The van der Waals surface area contributed by atoms with E-state index in [2.05, 4.69) is 24.4 Å². The van der Waals surface area contributed by atoms with Gasteiger partial charge in [-0.05, 0) is 49.2 Å². The second-order valence-corrected chi connectivity index (χ2v) is 5.88. The molecule has 1 nitrogen and oxygen atoms in total. The van der Waals surface area contributed by atoms with Gasteiger partial charge in [-0.3, -0.25) is 0 Å². The van der Waals surface area contributed by atoms with E-state index in [1.54, 1.807) is 12.1 Å². The molecule has 0 radical (unpaired) electrons. The van der Waals surface area contributed by atoms with Crippen molar-refractivity contribution in [2.45, 2.75) is 25.2 Å². The second-order valence-electron chi connectivity index (χ2n) is 5.44. The van der Waals surface area contributed by atoms with Crippen molar-refractivity contribution in [2.24, 2.45) is 0 Å². The summed E-state index contributed by atoms with van der Waals surface area (Å²) in [6.07, 6.45) is 1.55. The molecule has 0 spiro atoms. The maximum atomic E-state index is 14.1. The number of rotatable bonds is 6. The van der Waals surface area contributed by atoms with Crippen molar-refractivity contribution >= 4 is 11.6 Å². The Morgan fingerprint density at radius 2 is 1.86 bits per heavy atom. The first-order chi connectivity index (χ1) is 10.1. The van der Waals surface area contributed by atoms with Crippen molar-refractivity contribution < 1.29 is 4.39 Å². The van der Waals surface area contributed by atoms with Gasteiger partial charge in [-0.15, -0.1) is 0 Å². The van der Waals surface area contributed by atoms with Crippen LogP contribution in [-0.2, 0) is 11.8 Å². The average molecular weight is 306 g/mol. The van der Waals surface area contributed by atoms with E-state index in [9.17, 15) is 4.39 Å². The first-order valence-corrected chi connectivity index (χ1v) is 7.63. The average Bonchev–Trinajstić information content (AvgIpc) is 2.51. The minimum absolute atomic E-state index is 0.137. The molecule has 0 saturated carbocycles. The Hall–Kier alpha value is -1.38. The maximum absolute atomic E-state index is 14.1. The van der Waals surface area contributed by atoms with Gasteiger partial charge in [-0.1, -0.05) is 48.9 Å². The summed E-state index contributed by atoms with van der Waals surface area (Å²) in [6, 6.07) is 15.1. The lowest BCUT2D eigenvalue weighted by Crippen LogP contribution is -2.38. The molecule has 2 aromatic carbocycles. The maximum Gasteiger partial charge on any atom is 0.126 e. The molecule has 0 fully saturated rings. The highest BCUT2D eigenvalue weighted by Gasteiger charge is 2.31. The van der Waals surface area contributed by atoms with Crippen LogP contribution in [-0.4, -0.2) is 13.6 Å². The molecule has 0 aliphatic heterocycles. The Morgan fingerprint density at radius 3 is 2.48 bits per heavy atom. The third-order valence-electron chi connectivity index (χ3n) is 4.11. The van der Waals surface area contributed by atoms with Gasteiger partial charge in [0.15, 0.2) is 0 Å². The fourth-order valence-corrected chi connectivity index (χ4v) is 3.09. The standard InChI is InChI=1S/C18H21ClFN/c1-3-18(13-21-2,15-7-5-4-6-8-15)12-14-11-16(19)9-10-17(14)20/h4-11,21H,3,12-13H2,1-2H3. The molecule has 1 unspecified atom stereocenters. The fraction of sp³-hybridized carbons (Fsp3) is 0.333. The minimum atomic E-state index is -0.191. The Balaban J connectivity index is 2.43. The summed E-state index contributed by atoms with van der Waals surface area (Å²) in [7, 11) is 1.93. The molecule has 112 valence electrons. The zero-order chi connectivity index (χ0) is 15.3. The van der Waals surface area contributed by atoms with Gasteiger partial charge in [-0.25, -0.2) is 4.39 Å². The number of hydrogen-bond acceptors (Lipinski definition) is 1. The summed E-state index contributed by atoms with van der Waals surface area (Å²) in [5.74, 6) is -0.191. The van der Waals surface area contributed by atoms with E-state index in [-0.39, 0.29) is 11.2 Å². The first-order valence-electron chi connectivity index (χ1n) is 7.25. The molecule has 1 N–H and O–H groups in total. The van der Waals surface area contributed by atoms with E-state index in [4.69, 9.17) is 11.6 Å².